The Kier molecular flexibility index (Phi) is 8.93. The van der Waals surface area contributed by atoms with E-state index in [1.807, 2.05) is 27.1 Å². The van der Waals surface area contributed by atoms with Crippen LogP contribution < -0.4 is 10.9 Å². The highest BCUT2D eigenvalue weighted by Gasteiger charge is 2.40. The van der Waals surface area contributed by atoms with E-state index in [4.69, 9.17) is 0 Å². The number of fused-ring (bicyclic) bond motifs is 1. The molecule has 0 aromatic carbocycles. The molecule has 3 heterocycles. The summed E-state index contributed by atoms with van der Waals surface area (Å²) in [5, 5.41) is 12.9. The van der Waals surface area contributed by atoms with Crippen LogP contribution in [0.4, 0.5) is 0 Å². The number of aromatic nitrogens is 1. The van der Waals surface area contributed by atoms with E-state index in [0.29, 0.717) is 18.5 Å². The first-order valence-electron chi connectivity index (χ1n) is 14.8. The average molecular weight is 563 g/mol. The molecule has 8 heteroatoms. The number of dihydropyridines is 1. The van der Waals surface area contributed by atoms with E-state index in [2.05, 4.69) is 61.1 Å². The number of amides is 1. The van der Waals surface area contributed by atoms with E-state index < -0.39 is 23.5 Å². The summed E-state index contributed by atoms with van der Waals surface area (Å²) in [6.07, 6.45) is 11.9. The molecule has 3 atom stereocenters. The number of likely N-dealkylation sites (N-methyl/N-ethyl adjacent to an activating group) is 1. The number of allylic oxidation sites excluding steroid dienone is 3. The zero-order chi connectivity index (χ0) is 30.1. The molecule has 0 spiro atoms. The van der Waals surface area contributed by atoms with Crippen LogP contribution in [0.15, 0.2) is 57.0 Å². The zero-order valence-electron chi connectivity index (χ0n) is 25.7. The van der Waals surface area contributed by atoms with E-state index in [1.165, 1.54) is 11.1 Å². The summed E-state index contributed by atoms with van der Waals surface area (Å²) in [7, 11) is 2.04. The molecule has 1 aliphatic carbocycles. The maximum atomic E-state index is 14.0. The molecule has 3 aliphatic rings. The summed E-state index contributed by atoms with van der Waals surface area (Å²) in [6.45, 7) is 14.9. The number of aliphatic carboxylic acids is 1. The number of nitrogens with zero attached hydrogens (tertiary/aromatic N) is 3. The third kappa shape index (κ3) is 6.80. The minimum absolute atomic E-state index is 0.0718. The molecule has 0 bridgehead atoms. The molecule has 8 nitrogen and oxygen atoms in total. The second-order valence-electron chi connectivity index (χ2n) is 13.4. The molecule has 1 unspecified atom stereocenters. The highest BCUT2D eigenvalue weighted by molar-refractivity contribution is 5.87. The molecule has 0 saturated heterocycles. The fourth-order valence-corrected chi connectivity index (χ4v) is 7.02. The van der Waals surface area contributed by atoms with E-state index in [0.717, 1.165) is 37.1 Å². The molecule has 4 rings (SSSR count). The van der Waals surface area contributed by atoms with Gasteiger partial charge in [0.15, 0.2) is 0 Å². The number of aliphatic imine (C=N–C) groups is 1. The van der Waals surface area contributed by atoms with Gasteiger partial charge in [0.05, 0.1) is 19.0 Å². The standard InChI is InChI=1S/C33H46N4O4/c1-21(2)13-27(37-19-25-18-36(7)12-10-23(25)14-28(37)38)31(41)35-26(15-29(39)40)24-16-33(6,20-34-17-24)30-22(3)9-8-11-32(30,4)5/h8-9,14,16-17,19,21,26-27H,10-13,15,18,20H2,1-7H3,(H,35,41)(H,39,40)/t26-,27-,33?/m0/s1. The minimum atomic E-state index is -1.01. The Morgan fingerprint density at radius 3 is 2.59 bits per heavy atom. The van der Waals surface area contributed by atoms with Gasteiger partial charge in [0.2, 0.25) is 5.91 Å². The van der Waals surface area contributed by atoms with Crippen LogP contribution in [0.1, 0.15) is 78.0 Å². The smallest absolute Gasteiger partial charge is 0.305 e. The maximum absolute atomic E-state index is 14.0. The highest BCUT2D eigenvalue weighted by Crippen LogP contribution is 2.49. The van der Waals surface area contributed by atoms with Crippen molar-refractivity contribution in [2.24, 2.45) is 21.7 Å². The van der Waals surface area contributed by atoms with Crippen molar-refractivity contribution in [3.05, 3.63) is 68.7 Å². The molecule has 0 radical (unpaired) electrons. The van der Waals surface area contributed by atoms with Crippen molar-refractivity contribution in [3.8, 4) is 0 Å². The SMILES string of the molecule is CC1=C(C2(C)C=C([C@H](CC(=O)O)NC(=O)[C@H](CC(C)C)n3cc4c(cc3=O)CCN(C)C4)C=NC2)C(C)(C)CC=C1. The van der Waals surface area contributed by atoms with Crippen LogP contribution in [0.2, 0.25) is 0 Å². The van der Waals surface area contributed by atoms with Gasteiger partial charge in [0, 0.05) is 37.0 Å². The molecule has 0 fully saturated rings. The van der Waals surface area contributed by atoms with Gasteiger partial charge in [-0.15, -0.1) is 0 Å². The lowest BCUT2D eigenvalue weighted by Crippen LogP contribution is -2.46. The fourth-order valence-electron chi connectivity index (χ4n) is 7.02. The van der Waals surface area contributed by atoms with E-state index in [9.17, 15) is 19.5 Å². The number of hydrogen-bond acceptors (Lipinski definition) is 5. The van der Waals surface area contributed by atoms with Crippen molar-refractivity contribution in [1.29, 1.82) is 0 Å². The van der Waals surface area contributed by atoms with Crippen LogP contribution >= 0.6 is 0 Å². The van der Waals surface area contributed by atoms with Gasteiger partial charge >= 0.3 is 5.97 Å². The van der Waals surface area contributed by atoms with Crippen LogP contribution in [0.3, 0.4) is 0 Å². The second kappa shape index (κ2) is 11.9. The molecule has 2 aliphatic heterocycles. The normalized spacial score (nSPS) is 23.7. The average Bonchev–Trinajstić information content (AvgIpc) is 2.85. The number of carbonyl (C=O) groups is 2. The van der Waals surface area contributed by atoms with Gasteiger partial charge in [-0.05, 0) is 66.8 Å². The van der Waals surface area contributed by atoms with E-state index in [-0.39, 0.29) is 29.2 Å². The summed E-state index contributed by atoms with van der Waals surface area (Å²) in [5.41, 5.74) is 4.56. The maximum Gasteiger partial charge on any atom is 0.305 e. The van der Waals surface area contributed by atoms with Gasteiger partial charge in [-0.3, -0.25) is 19.4 Å². The number of hydrogen-bond donors (Lipinski definition) is 2. The summed E-state index contributed by atoms with van der Waals surface area (Å²) in [4.78, 5) is 46.1. The van der Waals surface area contributed by atoms with Crippen LogP contribution in [0, 0.1) is 16.7 Å². The number of rotatable bonds is 9. The zero-order valence-corrected chi connectivity index (χ0v) is 25.7. The Balaban J connectivity index is 1.70. The van der Waals surface area contributed by atoms with Crippen molar-refractivity contribution in [1.82, 2.24) is 14.8 Å². The number of carboxylic acid groups (broad SMARTS) is 1. The molecule has 0 saturated carbocycles. The highest BCUT2D eigenvalue weighted by atomic mass is 16.4. The van der Waals surface area contributed by atoms with Crippen molar-refractivity contribution in [3.63, 3.8) is 0 Å². The number of carbonyl (C=O) groups excluding carboxylic acids is 1. The Bertz CT molecular complexity index is 1380. The minimum Gasteiger partial charge on any atom is -0.481 e. The Morgan fingerprint density at radius 1 is 1.20 bits per heavy atom. The summed E-state index contributed by atoms with van der Waals surface area (Å²) in [5.74, 6) is -1.22. The van der Waals surface area contributed by atoms with Gasteiger partial charge in [0.1, 0.15) is 6.04 Å². The van der Waals surface area contributed by atoms with Crippen LogP contribution in [-0.4, -0.2) is 58.8 Å². The molecular formula is C33H46N4O4. The third-order valence-corrected chi connectivity index (χ3v) is 8.68. The summed E-state index contributed by atoms with van der Waals surface area (Å²) >= 11 is 0. The van der Waals surface area contributed by atoms with Crippen molar-refractivity contribution in [2.75, 3.05) is 20.1 Å². The number of pyridine rings is 1. The van der Waals surface area contributed by atoms with Crippen LogP contribution in [-0.2, 0) is 22.6 Å². The van der Waals surface area contributed by atoms with Crippen LogP contribution in [0.25, 0.3) is 0 Å². The topological polar surface area (TPSA) is 104 Å². The van der Waals surface area contributed by atoms with Crippen LogP contribution in [0.5, 0.6) is 0 Å². The predicted molar refractivity (Wildman–Crippen MR) is 163 cm³/mol. The molecule has 2 N–H and O–H groups in total. The Hall–Kier alpha value is -3.26. The van der Waals surface area contributed by atoms with E-state index in [1.54, 1.807) is 16.8 Å². The van der Waals surface area contributed by atoms with Crippen molar-refractivity contribution < 1.29 is 14.7 Å². The van der Waals surface area contributed by atoms with Gasteiger partial charge in [-0.1, -0.05) is 58.4 Å². The molecule has 1 aromatic heterocycles. The van der Waals surface area contributed by atoms with Crippen molar-refractivity contribution in [2.45, 2.75) is 85.9 Å². The largest absolute Gasteiger partial charge is 0.481 e. The predicted octanol–water partition coefficient (Wildman–Crippen LogP) is 4.70. The molecular weight excluding hydrogens is 516 g/mol. The first-order valence-corrected chi connectivity index (χ1v) is 14.8. The van der Waals surface area contributed by atoms with Gasteiger partial charge in [-0.2, -0.15) is 0 Å². The third-order valence-electron chi connectivity index (χ3n) is 8.68. The first kappa shape index (κ1) is 30.7. The first-order chi connectivity index (χ1) is 19.2. The Morgan fingerprint density at radius 2 is 1.93 bits per heavy atom. The van der Waals surface area contributed by atoms with Crippen molar-refractivity contribution >= 4 is 18.1 Å². The lowest BCUT2D eigenvalue weighted by atomic mass is 9.63. The number of nitrogens with one attached hydrogen (secondary N) is 1. The monoisotopic (exact) mass is 562 g/mol. The molecule has 1 aromatic rings. The van der Waals surface area contributed by atoms with Gasteiger partial charge < -0.3 is 19.9 Å². The Labute approximate surface area is 243 Å². The lowest BCUT2D eigenvalue weighted by Gasteiger charge is -2.43. The van der Waals surface area contributed by atoms with Gasteiger partial charge in [0.25, 0.3) is 5.56 Å². The molecule has 41 heavy (non-hydrogen) atoms. The van der Waals surface area contributed by atoms with Gasteiger partial charge in [-0.25, -0.2) is 0 Å². The second-order valence-corrected chi connectivity index (χ2v) is 13.4. The molecule has 222 valence electrons. The summed E-state index contributed by atoms with van der Waals surface area (Å²) in [6, 6.07) is 0.132. The summed E-state index contributed by atoms with van der Waals surface area (Å²) < 4.78 is 1.55. The fraction of sp³-hybridized carbons (Fsp3) is 0.576. The number of carboxylic acids is 1. The lowest BCUT2D eigenvalue weighted by molar-refractivity contribution is -0.137. The molecule has 1 amide bonds. The van der Waals surface area contributed by atoms with E-state index >= 15 is 0 Å². The quantitative estimate of drug-likeness (QED) is 0.454.